The Morgan fingerprint density at radius 2 is 1.63 bits per heavy atom. The molecule has 0 unspecified atom stereocenters. The van der Waals surface area contributed by atoms with Gasteiger partial charge in [-0.05, 0) is 67.3 Å². The molecule has 0 saturated carbocycles. The van der Waals surface area contributed by atoms with Crippen LogP contribution in [-0.4, -0.2) is 63.8 Å². The van der Waals surface area contributed by atoms with Crippen molar-refractivity contribution in [1.82, 2.24) is 4.90 Å². The molecule has 2 N–H and O–H groups in total. The topological polar surface area (TPSA) is 120 Å². The van der Waals surface area contributed by atoms with Gasteiger partial charge in [-0.1, -0.05) is 73.7 Å². The number of hydrogen-bond donors (Lipinski definition) is 2. The zero-order valence-electron chi connectivity index (χ0n) is 29.6. The number of anilines is 3. The first-order chi connectivity index (χ1) is 25.0. The molecule has 4 aliphatic rings. The Morgan fingerprint density at radius 1 is 0.923 bits per heavy atom. The Labute approximate surface area is 303 Å². The molecule has 1 fully saturated rings. The average Bonchev–Trinajstić information content (AvgIpc) is 3.57. The average molecular weight is 702 g/mol. The van der Waals surface area contributed by atoms with Crippen molar-refractivity contribution in [3.8, 4) is 5.75 Å². The van der Waals surface area contributed by atoms with Gasteiger partial charge in [0.25, 0.3) is 11.8 Å². The summed E-state index contributed by atoms with van der Waals surface area (Å²) in [5.74, 6) is -1.07. The minimum Gasteiger partial charge on any atom is -0.482 e. The van der Waals surface area contributed by atoms with Gasteiger partial charge in [0.05, 0.1) is 48.7 Å². The van der Waals surface area contributed by atoms with E-state index in [4.69, 9.17) is 9.47 Å². The Hall–Kier alpha value is -5.03. The lowest BCUT2D eigenvalue weighted by Crippen LogP contribution is -2.48. The molecular weight excluding hydrogens is 658 g/mol. The number of hydrogen-bond acceptors (Lipinski definition) is 7. The fraction of sp³-hybridized carbons (Fsp3) is 0.357. The van der Waals surface area contributed by atoms with Crippen LogP contribution in [0.2, 0.25) is 0 Å². The van der Waals surface area contributed by atoms with Crippen molar-refractivity contribution < 1.29 is 34.1 Å². The van der Waals surface area contributed by atoms with Crippen LogP contribution in [0.25, 0.3) is 0 Å². The second-order valence-electron chi connectivity index (χ2n) is 15.0. The van der Waals surface area contributed by atoms with E-state index in [1.807, 2.05) is 104 Å². The van der Waals surface area contributed by atoms with E-state index in [1.54, 1.807) is 28.5 Å². The standard InChI is InChI=1S/C42H43N3O7/c1-26-39(41(2,3)50)36(21-37(47)43-23-29-13-5-4-12-28(29)20-31(43)24-46)52-42(26)32-15-6-7-16-33(32)44(40(42)49)22-27-11-10-14-30(19-27)45-34-17-8-9-18-35(34)51-25-38(45)48/h4-19,26,31,36,39,46,50H,20-25H2,1-3H3/t26-,31+,36+,39-,42+/m1/s1. The van der Waals surface area contributed by atoms with E-state index in [-0.39, 0.29) is 49.9 Å². The highest BCUT2D eigenvalue weighted by Crippen LogP contribution is 2.58. The molecule has 4 aromatic rings. The lowest BCUT2D eigenvalue weighted by atomic mass is 9.70. The van der Waals surface area contributed by atoms with Crippen LogP contribution in [0.15, 0.2) is 97.1 Å². The van der Waals surface area contributed by atoms with Crippen LogP contribution >= 0.6 is 0 Å². The van der Waals surface area contributed by atoms with Crippen molar-refractivity contribution in [3.05, 3.63) is 119 Å². The molecule has 5 atom stereocenters. The van der Waals surface area contributed by atoms with Crippen molar-refractivity contribution in [1.29, 1.82) is 0 Å². The smallest absolute Gasteiger partial charge is 0.269 e. The molecule has 1 spiro atoms. The van der Waals surface area contributed by atoms with Crippen LogP contribution in [-0.2, 0) is 44.2 Å². The number of ether oxygens (including phenoxy) is 2. The largest absolute Gasteiger partial charge is 0.482 e. The number of amides is 3. The number of rotatable bonds is 7. The zero-order valence-corrected chi connectivity index (χ0v) is 29.6. The molecule has 0 aromatic heterocycles. The lowest BCUT2D eigenvalue weighted by Gasteiger charge is -2.38. The zero-order chi connectivity index (χ0) is 36.4. The maximum absolute atomic E-state index is 15.0. The van der Waals surface area contributed by atoms with Crippen molar-refractivity contribution >= 4 is 34.8 Å². The van der Waals surface area contributed by atoms with Crippen molar-refractivity contribution in [2.45, 2.75) is 70.1 Å². The monoisotopic (exact) mass is 701 g/mol. The van der Waals surface area contributed by atoms with Crippen LogP contribution in [0.5, 0.6) is 5.75 Å². The normalized spacial score (nSPS) is 25.2. The van der Waals surface area contributed by atoms with Crippen molar-refractivity contribution in [3.63, 3.8) is 0 Å². The van der Waals surface area contributed by atoms with Gasteiger partial charge in [-0.3, -0.25) is 19.3 Å². The fourth-order valence-corrected chi connectivity index (χ4v) is 9.08. The van der Waals surface area contributed by atoms with Gasteiger partial charge < -0.3 is 29.5 Å². The molecule has 52 heavy (non-hydrogen) atoms. The van der Waals surface area contributed by atoms with E-state index in [0.717, 1.165) is 16.7 Å². The van der Waals surface area contributed by atoms with Crippen molar-refractivity contribution in [2.75, 3.05) is 23.0 Å². The van der Waals surface area contributed by atoms with Crippen LogP contribution in [0.3, 0.4) is 0 Å². The first-order valence-electron chi connectivity index (χ1n) is 17.9. The summed E-state index contributed by atoms with van der Waals surface area (Å²) >= 11 is 0. The maximum atomic E-state index is 15.0. The van der Waals surface area contributed by atoms with E-state index in [2.05, 4.69) is 0 Å². The fourth-order valence-electron chi connectivity index (χ4n) is 9.08. The summed E-state index contributed by atoms with van der Waals surface area (Å²) in [6.45, 7) is 5.69. The third kappa shape index (κ3) is 5.48. The van der Waals surface area contributed by atoms with Gasteiger partial charge in [-0.15, -0.1) is 0 Å². The first-order valence-corrected chi connectivity index (χ1v) is 17.9. The number of nitrogens with zero attached hydrogens (tertiary/aromatic N) is 3. The lowest BCUT2D eigenvalue weighted by molar-refractivity contribution is -0.151. The summed E-state index contributed by atoms with van der Waals surface area (Å²) in [4.78, 5) is 47.3. The highest BCUT2D eigenvalue weighted by atomic mass is 16.5. The molecule has 1 saturated heterocycles. The maximum Gasteiger partial charge on any atom is 0.269 e. The van der Waals surface area contributed by atoms with Gasteiger partial charge in [-0.2, -0.15) is 0 Å². The minimum absolute atomic E-state index is 0.0496. The van der Waals surface area contributed by atoms with Gasteiger partial charge in [0.1, 0.15) is 5.75 Å². The quantitative estimate of drug-likeness (QED) is 0.271. The minimum atomic E-state index is -1.44. The predicted octanol–water partition coefficient (Wildman–Crippen LogP) is 5.24. The summed E-state index contributed by atoms with van der Waals surface area (Å²) in [5, 5.41) is 21.9. The van der Waals surface area contributed by atoms with Gasteiger partial charge in [-0.25, -0.2) is 0 Å². The molecule has 4 aromatic carbocycles. The van der Waals surface area contributed by atoms with E-state index in [0.29, 0.717) is 41.3 Å². The number of carbonyl (C=O) groups excluding carboxylic acids is 3. The summed E-state index contributed by atoms with van der Waals surface area (Å²) in [5.41, 5.74) is 2.97. The molecule has 4 aliphatic heterocycles. The molecule has 10 nitrogen and oxygen atoms in total. The third-order valence-corrected chi connectivity index (χ3v) is 11.4. The molecule has 8 rings (SSSR count). The van der Waals surface area contributed by atoms with Crippen molar-refractivity contribution in [2.24, 2.45) is 11.8 Å². The van der Waals surface area contributed by atoms with Gasteiger partial charge >= 0.3 is 0 Å². The van der Waals surface area contributed by atoms with E-state index in [9.17, 15) is 24.6 Å². The van der Waals surface area contributed by atoms with E-state index < -0.39 is 29.1 Å². The van der Waals surface area contributed by atoms with Gasteiger partial charge in [0.2, 0.25) is 5.91 Å². The van der Waals surface area contributed by atoms with E-state index in [1.165, 1.54) is 0 Å². The summed E-state index contributed by atoms with van der Waals surface area (Å²) in [6, 6.07) is 30.1. The molecule has 268 valence electrons. The number of para-hydroxylation sites is 3. The molecule has 10 heteroatoms. The molecule has 0 bridgehead atoms. The number of aliphatic hydroxyl groups excluding tert-OH is 1. The second kappa shape index (κ2) is 12.9. The molecular formula is C42H43N3O7. The predicted molar refractivity (Wildman–Crippen MR) is 195 cm³/mol. The van der Waals surface area contributed by atoms with Crippen LogP contribution in [0.4, 0.5) is 17.1 Å². The molecule has 0 radical (unpaired) electrons. The summed E-state index contributed by atoms with van der Waals surface area (Å²) in [7, 11) is 0. The number of benzene rings is 4. The van der Waals surface area contributed by atoms with Crippen LogP contribution in [0.1, 0.15) is 49.4 Å². The van der Waals surface area contributed by atoms with Gasteiger partial charge in [0, 0.05) is 29.6 Å². The second-order valence-corrected chi connectivity index (χ2v) is 15.0. The Kier molecular flexibility index (Phi) is 8.44. The number of aliphatic hydroxyl groups is 2. The van der Waals surface area contributed by atoms with E-state index >= 15 is 0 Å². The van der Waals surface area contributed by atoms with Crippen LogP contribution in [0, 0.1) is 11.8 Å². The molecule has 3 amide bonds. The van der Waals surface area contributed by atoms with Gasteiger partial charge in [0.15, 0.2) is 12.2 Å². The Morgan fingerprint density at radius 3 is 2.40 bits per heavy atom. The highest BCUT2D eigenvalue weighted by molar-refractivity contribution is 6.08. The Bertz CT molecular complexity index is 2060. The number of fused-ring (bicyclic) bond motifs is 4. The molecule has 0 aliphatic carbocycles. The highest BCUT2D eigenvalue weighted by Gasteiger charge is 2.66. The summed E-state index contributed by atoms with van der Waals surface area (Å²) in [6.07, 6.45) is -0.272. The first kappa shape index (κ1) is 34.1. The molecule has 4 heterocycles. The number of carbonyl (C=O) groups is 3. The van der Waals surface area contributed by atoms with Crippen LogP contribution < -0.4 is 14.5 Å². The third-order valence-electron chi connectivity index (χ3n) is 11.4. The Balaban J connectivity index is 1.10. The SMILES string of the molecule is C[C@@H]1[C@@H](C(C)(C)O)[C@H](CC(=O)N2Cc3ccccc3C[C@H]2CO)O[C@@]12C(=O)N(Cc1cccc(N3C(=O)COc4ccccc43)c1)c1ccccc12. The summed E-state index contributed by atoms with van der Waals surface area (Å²) < 4.78 is 12.6.